The van der Waals surface area contributed by atoms with Crippen LogP contribution in [0.5, 0.6) is 0 Å². The van der Waals surface area contributed by atoms with Gasteiger partial charge < -0.3 is 0 Å². The Hall–Kier alpha value is -1.13. The van der Waals surface area contributed by atoms with Crippen LogP contribution in [0.3, 0.4) is 0 Å². The summed E-state index contributed by atoms with van der Waals surface area (Å²) in [5.41, 5.74) is 0. The lowest BCUT2D eigenvalue weighted by molar-refractivity contribution is 0.699. The number of aromatic nitrogens is 8. The van der Waals surface area contributed by atoms with Gasteiger partial charge in [-0.15, -0.1) is 10.2 Å². The Labute approximate surface area is 87.5 Å². The molecule has 13 heavy (non-hydrogen) atoms. The van der Waals surface area contributed by atoms with Crippen molar-refractivity contribution in [1.82, 2.24) is 40.4 Å². The third-order valence-electron chi connectivity index (χ3n) is 1.02. The molecule has 0 aliphatic rings. The molecule has 0 saturated heterocycles. The average Bonchev–Trinajstić information content (AvgIpc) is 2.67. The van der Waals surface area contributed by atoms with Crippen LogP contribution in [-0.4, -0.2) is 40.4 Å². The van der Waals surface area contributed by atoms with Gasteiger partial charge in [-0.05, 0) is 20.9 Å². The van der Waals surface area contributed by atoms with E-state index in [2.05, 4.69) is 31.1 Å². The molecule has 0 radical (unpaired) electrons. The van der Waals surface area contributed by atoms with Crippen molar-refractivity contribution in [2.75, 3.05) is 0 Å². The summed E-state index contributed by atoms with van der Waals surface area (Å²) in [5, 5.41) is 20.7. The largest absolute Gasteiger partial charge is 0.236 e. The molecule has 2 rings (SSSR count). The fraction of sp³-hybridized carbons (Fsp3) is 0.500. The molecule has 0 spiro atoms. The van der Waals surface area contributed by atoms with Crippen LogP contribution in [0.4, 0.5) is 0 Å². The van der Waals surface area contributed by atoms with E-state index in [1.54, 1.807) is 18.8 Å². The molecule has 0 fully saturated rings. The molecule has 0 aromatic carbocycles. The highest BCUT2D eigenvalue weighted by molar-refractivity contribution is 14.1. The van der Waals surface area contributed by atoms with Gasteiger partial charge in [0.15, 0.2) is 0 Å². The van der Waals surface area contributed by atoms with Crippen LogP contribution in [0.2, 0.25) is 0 Å². The zero-order valence-corrected chi connectivity index (χ0v) is 9.19. The van der Waals surface area contributed by atoms with Crippen molar-refractivity contribution in [1.29, 1.82) is 0 Å². The highest BCUT2D eigenvalue weighted by atomic mass is 127. The third-order valence-corrected chi connectivity index (χ3v) is 1.93. The van der Waals surface area contributed by atoms with Gasteiger partial charge in [0.25, 0.3) is 0 Å². The number of halogens is 1. The zero-order chi connectivity index (χ0) is 9.68. The maximum absolute atomic E-state index is 3.60. The quantitative estimate of drug-likeness (QED) is 0.581. The Kier molecular flexibility index (Phi) is 3.67. The molecule has 0 bridgehead atoms. The first-order valence-corrected chi connectivity index (χ1v) is 4.33. The minimum atomic E-state index is 0.803. The van der Waals surface area contributed by atoms with Crippen LogP contribution in [-0.2, 0) is 14.1 Å². The Balaban J connectivity index is 0.000000132. The predicted molar refractivity (Wildman–Crippen MR) is 50.3 cm³/mol. The Morgan fingerprint density at radius 1 is 1.23 bits per heavy atom. The first-order valence-electron chi connectivity index (χ1n) is 3.25. The van der Waals surface area contributed by atoms with Gasteiger partial charge in [0.1, 0.15) is 6.33 Å². The van der Waals surface area contributed by atoms with Gasteiger partial charge in [0.05, 0.1) is 0 Å². The summed E-state index contributed by atoms with van der Waals surface area (Å²) in [4.78, 5) is 0. The number of hydrogen-bond donors (Lipinski definition) is 0. The second kappa shape index (κ2) is 4.79. The molecule has 0 N–H and O–H groups in total. The summed E-state index contributed by atoms with van der Waals surface area (Å²) in [6.45, 7) is 0. The normalized spacial score (nSPS) is 9.15. The monoisotopic (exact) mass is 294 g/mol. The number of hydrogen-bond acceptors (Lipinski definition) is 6. The fourth-order valence-electron chi connectivity index (χ4n) is 0.426. The molecule has 70 valence electrons. The van der Waals surface area contributed by atoms with Crippen molar-refractivity contribution in [3.05, 3.63) is 10.2 Å². The average molecular weight is 294 g/mol. The van der Waals surface area contributed by atoms with E-state index in [-0.39, 0.29) is 0 Å². The van der Waals surface area contributed by atoms with Crippen molar-refractivity contribution in [2.24, 2.45) is 14.1 Å². The molecule has 2 heterocycles. The standard InChI is InChI=1S/C2H3IN4.C2H4N4/c1-7-2(3)4-5-6-7;1-6-2-3-4-5-6/h1H3;2H,1H3. The molecule has 2 aromatic rings. The van der Waals surface area contributed by atoms with Crippen molar-refractivity contribution in [2.45, 2.75) is 0 Å². The van der Waals surface area contributed by atoms with Crippen LogP contribution in [0.15, 0.2) is 6.33 Å². The van der Waals surface area contributed by atoms with Crippen molar-refractivity contribution in [3.63, 3.8) is 0 Å². The summed E-state index contributed by atoms with van der Waals surface area (Å²) >= 11 is 2.05. The number of tetrazole rings is 2. The van der Waals surface area contributed by atoms with Crippen molar-refractivity contribution >= 4 is 22.6 Å². The minimum absolute atomic E-state index is 0.803. The van der Waals surface area contributed by atoms with Crippen molar-refractivity contribution < 1.29 is 0 Å². The predicted octanol–water partition coefficient (Wildman–Crippen LogP) is -0.975. The van der Waals surface area contributed by atoms with Gasteiger partial charge in [0, 0.05) is 36.7 Å². The van der Waals surface area contributed by atoms with Gasteiger partial charge in [0.2, 0.25) is 3.83 Å². The first-order chi connectivity index (χ1) is 6.20. The molecule has 0 unspecified atom stereocenters. The summed E-state index contributed by atoms with van der Waals surface area (Å²) in [5.74, 6) is 0. The smallest absolute Gasteiger partial charge is 0.212 e. The molecule has 0 aliphatic carbocycles. The van der Waals surface area contributed by atoms with Gasteiger partial charge in [-0.25, -0.2) is 9.36 Å². The maximum atomic E-state index is 3.60. The highest BCUT2D eigenvalue weighted by Crippen LogP contribution is 1.90. The van der Waals surface area contributed by atoms with E-state index in [4.69, 9.17) is 0 Å². The Bertz CT molecular complexity index is 322. The van der Waals surface area contributed by atoms with E-state index < -0.39 is 0 Å². The molecule has 9 heteroatoms. The van der Waals surface area contributed by atoms with Crippen LogP contribution < -0.4 is 0 Å². The zero-order valence-electron chi connectivity index (χ0n) is 7.03. The number of aryl methyl sites for hydroxylation is 2. The fourth-order valence-corrected chi connectivity index (χ4v) is 0.619. The van der Waals surface area contributed by atoms with E-state index in [9.17, 15) is 0 Å². The molecule has 0 saturated carbocycles. The molecular formula is C4H7IN8. The maximum Gasteiger partial charge on any atom is 0.212 e. The van der Waals surface area contributed by atoms with Crippen LogP contribution in [0.1, 0.15) is 0 Å². The summed E-state index contributed by atoms with van der Waals surface area (Å²) < 4.78 is 3.93. The van der Waals surface area contributed by atoms with Crippen molar-refractivity contribution in [3.8, 4) is 0 Å². The van der Waals surface area contributed by atoms with Crippen LogP contribution in [0, 0.1) is 3.83 Å². The van der Waals surface area contributed by atoms with Gasteiger partial charge >= 0.3 is 0 Å². The van der Waals surface area contributed by atoms with Gasteiger partial charge in [-0.1, -0.05) is 0 Å². The molecule has 8 nitrogen and oxygen atoms in total. The van der Waals surface area contributed by atoms with E-state index >= 15 is 0 Å². The molecule has 2 aromatic heterocycles. The SMILES string of the molecule is Cn1cnnn1.Cn1nnnc1I. The van der Waals surface area contributed by atoms with Gasteiger partial charge in [-0.3, -0.25) is 0 Å². The van der Waals surface area contributed by atoms with E-state index in [0.717, 1.165) is 3.83 Å². The first kappa shape index (κ1) is 9.95. The van der Waals surface area contributed by atoms with E-state index in [1.807, 2.05) is 22.6 Å². The third kappa shape index (κ3) is 3.40. The summed E-state index contributed by atoms with van der Waals surface area (Å²) in [6, 6.07) is 0. The second-order valence-electron chi connectivity index (χ2n) is 2.06. The molecular weight excluding hydrogens is 287 g/mol. The summed E-state index contributed by atoms with van der Waals surface area (Å²) in [7, 11) is 3.56. The number of nitrogens with zero attached hydrogens (tertiary/aromatic N) is 8. The minimum Gasteiger partial charge on any atom is -0.236 e. The second-order valence-corrected chi connectivity index (χ2v) is 3.02. The number of rotatable bonds is 0. The lowest BCUT2D eigenvalue weighted by Crippen LogP contribution is -1.91. The van der Waals surface area contributed by atoms with E-state index in [1.165, 1.54) is 11.0 Å². The molecule has 0 aliphatic heterocycles. The van der Waals surface area contributed by atoms with E-state index in [0.29, 0.717) is 0 Å². The van der Waals surface area contributed by atoms with Crippen LogP contribution in [0.25, 0.3) is 0 Å². The Morgan fingerprint density at radius 3 is 2.15 bits per heavy atom. The molecule has 0 amide bonds. The topological polar surface area (TPSA) is 87.2 Å². The molecule has 0 atom stereocenters. The lowest BCUT2D eigenvalue weighted by Gasteiger charge is -1.79. The van der Waals surface area contributed by atoms with Crippen LogP contribution >= 0.6 is 22.6 Å². The Morgan fingerprint density at radius 2 is 2.00 bits per heavy atom. The van der Waals surface area contributed by atoms with Gasteiger partial charge in [-0.2, -0.15) is 0 Å². The summed E-state index contributed by atoms with van der Waals surface area (Å²) in [6.07, 6.45) is 1.53. The lowest BCUT2D eigenvalue weighted by atomic mass is 11.2. The highest BCUT2D eigenvalue weighted by Gasteiger charge is 1.90.